The molecule has 15 heteroatoms. The smallest absolute Gasteiger partial charge is 0.459 e. The van der Waals surface area contributed by atoms with E-state index < -0.39 is 61.9 Å². The van der Waals surface area contributed by atoms with Crippen molar-refractivity contribution in [2.75, 3.05) is 6.61 Å². The van der Waals surface area contributed by atoms with Crippen molar-refractivity contribution in [1.82, 2.24) is 14.6 Å². The van der Waals surface area contributed by atoms with Gasteiger partial charge < -0.3 is 24.2 Å². The lowest BCUT2D eigenvalue weighted by Gasteiger charge is -2.29. The van der Waals surface area contributed by atoms with Gasteiger partial charge in [0, 0.05) is 6.20 Å². The zero-order valence-electron chi connectivity index (χ0n) is 20.5. The van der Waals surface area contributed by atoms with Gasteiger partial charge in [-0.1, -0.05) is 30.4 Å². The Morgan fingerprint density at radius 2 is 1.97 bits per heavy atom. The fraction of sp³-hybridized carbons (Fsp3) is 0.500. The van der Waals surface area contributed by atoms with Crippen molar-refractivity contribution < 1.29 is 42.5 Å². The van der Waals surface area contributed by atoms with Crippen LogP contribution in [0.4, 0.5) is 4.39 Å². The van der Waals surface area contributed by atoms with E-state index in [2.05, 4.69) is 10.1 Å². The van der Waals surface area contributed by atoms with E-state index in [1.54, 1.807) is 32.0 Å². The molecule has 12 nitrogen and oxygen atoms in total. The second-order valence-electron chi connectivity index (χ2n) is 8.91. The van der Waals surface area contributed by atoms with E-state index >= 15 is 4.39 Å². The van der Waals surface area contributed by atoms with Gasteiger partial charge in [0.25, 0.3) is 5.85 Å². The zero-order valence-corrected chi connectivity index (χ0v) is 22.2. The number of carbonyl (C=O) groups is 1. The van der Waals surface area contributed by atoms with Gasteiger partial charge in [-0.15, -0.1) is 0 Å². The summed E-state index contributed by atoms with van der Waals surface area (Å²) in [6, 6.07) is 7.85. The number of esters is 1. The van der Waals surface area contributed by atoms with E-state index in [4.69, 9.17) is 30.7 Å². The van der Waals surface area contributed by atoms with Gasteiger partial charge in [0.15, 0.2) is 6.23 Å². The first-order valence-electron chi connectivity index (χ1n) is 11.2. The lowest BCUT2D eigenvalue weighted by atomic mass is 9.95. The number of H-pyrrole nitrogens is 1. The SMILES string of the molecule is CC(C)OC(=O)[C@H](C)NP(=O)(OC[C@@]1(F)O[C@@H](n2ccc(=S)[nH]c2=O)C(C)(O)C1O)Oc1ccccc1. The van der Waals surface area contributed by atoms with Crippen molar-refractivity contribution >= 4 is 25.9 Å². The molecule has 0 spiro atoms. The van der Waals surface area contributed by atoms with Gasteiger partial charge in [-0.05, 0) is 45.9 Å². The maximum absolute atomic E-state index is 15.9. The number of hydrogen-bond donors (Lipinski definition) is 4. The van der Waals surface area contributed by atoms with Crippen LogP contribution in [0.1, 0.15) is 33.9 Å². The van der Waals surface area contributed by atoms with Crippen molar-refractivity contribution in [2.45, 2.75) is 63.6 Å². The molecule has 1 aliphatic rings. The summed E-state index contributed by atoms with van der Waals surface area (Å²) in [5.41, 5.74) is -3.16. The van der Waals surface area contributed by atoms with Gasteiger partial charge in [0.05, 0.1) is 6.10 Å². The highest BCUT2D eigenvalue weighted by Gasteiger charge is 2.63. The van der Waals surface area contributed by atoms with Crippen LogP contribution in [0.15, 0.2) is 47.4 Å². The topological polar surface area (TPSA) is 161 Å². The molecule has 3 unspecified atom stereocenters. The van der Waals surface area contributed by atoms with Gasteiger partial charge in [-0.3, -0.25) is 18.9 Å². The Labute approximate surface area is 216 Å². The molecule has 3 rings (SSSR count). The third kappa shape index (κ3) is 6.71. The van der Waals surface area contributed by atoms with E-state index in [-0.39, 0.29) is 10.4 Å². The van der Waals surface area contributed by atoms with E-state index in [0.29, 0.717) is 0 Å². The predicted octanol–water partition coefficient (Wildman–Crippen LogP) is 2.35. The number of halogens is 1. The number of nitrogens with zero attached hydrogens (tertiary/aromatic N) is 1. The lowest BCUT2D eigenvalue weighted by Crippen LogP contribution is -2.50. The summed E-state index contributed by atoms with van der Waals surface area (Å²) >= 11 is 4.87. The molecule has 2 heterocycles. The summed E-state index contributed by atoms with van der Waals surface area (Å²) in [7, 11) is -4.52. The van der Waals surface area contributed by atoms with Crippen LogP contribution in [0.3, 0.4) is 0 Å². The third-order valence-corrected chi connectivity index (χ3v) is 7.19. The van der Waals surface area contributed by atoms with Crippen molar-refractivity contribution in [3.63, 3.8) is 0 Å². The first-order chi connectivity index (χ1) is 17.2. The normalized spacial score (nSPS) is 28.0. The number of rotatable bonds is 10. The van der Waals surface area contributed by atoms with Crippen LogP contribution in [0.25, 0.3) is 0 Å². The number of aliphatic hydroxyl groups excluding tert-OH is 1. The molecule has 204 valence electrons. The van der Waals surface area contributed by atoms with Gasteiger partial charge in [-0.2, -0.15) is 5.09 Å². The number of aromatic amines is 1. The Kier molecular flexibility index (Phi) is 8.75. The maximum Gasteiger partial charge on any atom is 0.459 e. The molecule has 0 aliphatic carbocycles. The molecule has 6 atom stereocenters. The molecule has 0 amide bonds. The van der Waals surface area contributed by atoms with Crippen LogP contribution >= 0.6 is 20.0 Å². The second kappa shape index (κ2) is 11.1. The number of aliphatic hydroxyl groups is 2. The molecular weight excluding hydrogens is 532 g/mol. The number of carbonyl (C=O) groups excluding carboxylic acids is 1. The van der Waals surface area contributed by atoms with Crippen LogP contribution < -0.4 is 15.3 Å². The highest BCUT2D eigenvalue weighted by Crippen LogP contribution is 2.50. The summed E-state index contributed by atoms with van der Waals surface area (Å²) in [6.45, 7) is 4.43. The Morgan fingerprint density at radius 1 is 1.32 bits per heavy atom. The molecule has 1 aromatic carbocycles. The highest BCUT2D eigenvalue weighted by molar-refractivity contribution is 7.71. The van der Waals surface area contributed by atoms with Gasteiger partial charge in [0.1, 0.15) is 34.7 Å². The van der Waals surface area contributed by atoms with E-state index in [1.165, 1.54) is 25.1 Å². The van der Waals surface area contributed by atoms with Crippen molar-refractivity contribution in [3.05, 3.63) is 57.7 Å². The maximum atomic E-state index is 15.9. The van der Waals surface area contributed by atoms with Crippen molar-refractivity contribution in [2.24, 2.45) is 0 Å². The summed E-state index contributed by atoms with van der Waals surface area (Å²) in [4.78, 5) is 26.9. The zero-order chi connectivity index (χ0) is 27.6. The average molecular weight is 562 g/mol. The molecule has 37 heavy (non-hydrogen) atoms. The van der Waals surface area contributed by atoms with Crippen LogP contribution in [0.5, 0.6) is 5.75 Å². The molecule has 2 aromatic rings. The average Bonchev–Trinajstić information content (AvgIpc) is 2.98. The summed E-state index contributed by atoms with van der Waals surface area (Å²) < 4.78 is 51.4. The third-order valence-electron chi connectivity index (χ3n) is 5.33. The molecular formula is C22H29FN3O9PS. The van der Waals surface area contributed by atoms with Gasteiger partial charge in [-0.25, -0.2) is 13.8 Å². The van der Waals surface area contributed by atoms with E-state index in [0.717, 1.165) is 17.7 Å². The van der Waals surface area contributed by atoms with E-state index in [9.17, 15) is 24.4 Å². The first-order valence-corrected chi connectivity index (χ1v) is 13.2. The second-order valence-corrected chi connectivity index (χ2v) is 11.0. The van der Waals surface area contributed by atoms with Crippen LogP contribution in [0, 0.1) is 4.64 Å². The molecule has 4 N–H and O–H groups in total. The van der Waals surface area contributed by atoms with Gasteiger partial charge in [0.2, 0.25) is 0 Å². The summed E-state index contributed by atoms with van der Waals surface area (Å²) in [5, 5.41) is 23.8. The minimum absolute atomic E-state index is 0.0690. The van der Waals surface area contributed by atoms with Crippen LogP contribution in [-0.4, -0.2) is 62.0 Å². The molecule has 1 aromatic heterocycles. The Hall–Kier alpha value is -2.45. The number of aromatic nitrogens is 2. The quantitative estimate of drug-likeness (QED) is 0.191. The van der Waals surface area contributed by atoms with Gasteiger partial charge >= 0.3 is 19.4 Å². The lowest BCUT2D eigenvalue weighted by molar-refractivity contribution is -0.204. The molecule has 0 bridgehead atoms. The number of para-hydroxylation sites is 1. The number of benzene rings is 1. The number of hydrogen-bond acceptors (Lipinski definition) is 10. The standard InChI is InChI=1S/C22H29FN3O9PS/c1-13(2)33-17(27)14(3)25-36(31,35-15-8-6-5-7-9-15)32-12-22(23)18(28)21(4,30)19(34-22)26-11-10-16(37)24-20(26)29/h5-11,13-14,18-19,28,30H,12H2,1-4H3,(H,25,31)(H,24,29,37)/t14-,18?,19+,21?,22+,36?/m0/s1. The minimum atomic E-state index is -4.52. The Bertz CT molecular complexity index is 1270. The Balaban J connectivity index is 1.86. The summed E-state index contributed by atoms with van der Waals surface area (Å²) in [5.74, 6) is -3.86. The van der Waals surface area contributed by atoms with Crippen molar-refractivity contribution in [3.8, 4) is 5.75 Å². The number of nitrogens with one attached hydrogen (secondary N) is 2. The fourth-order valence-corrected chi connectivity index (χ4v) is 5.16. The number of ether oxygens (including phenoxy) is 2. The fourth-order valence-electron chi connectivity index (χ4n) is 3.51. The highest BCUT2D eigenvalue weighted by atomic mass is 32.1. The molecule has 1 aliphatic heterocycles. The van der Waals surface area contributed by atoms with E-state index in [1.807, 2.05) is 0 Å². The largest absolute Gasteiger partial charge is 0.462 e. The predicted molar refractivity (Wildman–Crippen MR) is 131 cm³/mol. The first kappa shape index (κ1) is 29.1. The van der Waals surface area contributed by atoms with Crippen LogP contribution in [-0.2, 0) is 23.4 Å². The van der Waals surface area contributed by atoms with Crippen LogP contribution in [0.2, 0.25) is 0 Å². The summed E-state index contributed by atoms with van der Waals surface area (Å²) in [6.07, 6.45) is -3.27. The molecule has 1 saturated heterocycles. The Morgan fingerprint density at radius 3 is 2.57 bits per heavy atom. The number of alkyl halides is 1. The monoisotopic (exact) mass is 561 g/mol. The molecule has 1 fully saturated rings. The van der Waals surface area contributed by atoms with Crippen molar-refractivity contribution in [1.29, 1.82) is 0 Å². The molecule has 0 saturated carbocycles. The minimum Gasteiger partial charge on any atom is -0.462 e. The molecule has 0 radical (unpaired) electrons.